The van der Waals surface area contributed by atoms with E-state index in [4.69, 9.17) is 0 Å². The van der Waals surface area contributed by atoms with Gasteiger partial charge in [0.2, 0.25) is 0 Å². The average molecular weight is 1180 g/mol. The highest BCUT2D eigenvalue weighted by Crippen LogP contribution is 2.19. The van der Waals surface area contributed by atoms with Crippen LogP contribution in [0.2, 0.25) is 0 Å². The van der Waals surface area contributed by atoms with Crippen molar-refractivity contribution in [2.24, 2.45) is 0 Å². The summed E-state index contributed by atoms with van der Waals surface area (Å²) in [6.45, 7) is 10.4. The Kier molecular flexibility index (Phi) is 86.1. The molecule has 6 nitrogen and oxygen atoms in total. The summed E-state index contributed by atoms with van der Waals surface area (Å²) in [6, 6.07) is 2.12. The van der Waals surface area contributed by atoms with E-state index in [1.807, 2.05) is 0 Å². The van der Waals surface area contributed by atoms with Crippen molar-refractivity contribution in [1.82, 2.24) is 0 Å². The maximum atomic E-state index is 9.61. The predicted molar refractivity (Wildman–Crippen MR) is 347 cm³/mol. The molecule has 0 aliphatic carbocycles. The van der Waals surface area contributed by atoms with E-state index in [2.05, 4.69) is 38.3 Å². The number of rotatable bonds is 68. The normalized spacial score (nSPS) is 12.9. The summed E-state index contributed by atoms with van der Waals surface area (Å²) in [6.07, 6.45) is 81.4. The van der Waals surface area contributed by atoms with Gasteiger partial charge in [0, 0.05) is 52.1 Å². The first-order valence-corrected chi connectivity index (χ1v) is 36.7. The van der Waals surface area contributed by atoms with Gasteiger partial charge in [0.1, 0.15) is 0 Å². The summed E-state index contributed by atoms with van der Waals surface area (Å²) in [7, 11) is 0. The standard InChI is InChI=1S/2C36H75NO2.2ClH/c2*1-3-5-7-9-11-13-15-17-19-21-23-25-27-29-35(31-33-38)37-36(32-34-39)30-28-26-24-22-20-18-16-14-12-10-8-6-4-2;;/h2*35-39H,3-34H2,1-2H3;2*1H. The molecule has 4 unspecified atom stereocenters. The smallest absolute Gasteiger partial charge is 0.0883 e. The second kappa shape index (κ2) is 79.3. The van der Waals surface area contributed by atoms with Crippen LogP contribution in [0.15, 0.2) is 0 Å². The van der Waals surface area contributed by atoms with Crippen molar-refractivity contribution in [2.75, 3.05) is 26.4 Å². The van der Waals surface area contributed by atoms with E-state index in [-0.39, 0.29) is 24.8 Å². The molecule has 0 aromatic carbocycles. The first-order chi connectivity index (χ1) is 38.6. The fourth-order valence-corrected chi connectivity index (χ4v) is 12.5. The van der Waals surface area contributed by atoms with Gasteiger partial charge < -0.3 is 55.9 Å². The van der Waals surface area contributed by atoms with Gasteiger partial charge in [-0.1, -0.05) is 336 Å². The molecule has 0 aromatic heterocycles. The summed E-state index contributed by atoms with van der Waals surface area (Å²) >= 11 is 0. The largest absolute Gasteiger partial charge is 1.00 e. The maximum absolute atomic E-state index is 9.61. The minimum absolute atomic E-state index is 0. The predicted octanol–water partition coefficient (Wildman–Crippen LogP) is 14.0. The monoisotopic (exact) mass is 1180 g/mol. The number of quaternary nitrogens is 2. The molecule has 488 valence electrons. The van der Waals surface area contributed by atoms with Crippen molar-refractivity contribution in [2.45, 2.75) is 437 Å². The highest BCUT2D eigenvalue weighted by Gasteiger charge is 2.20. The Morgan fingerprint density at radius 1 is 0.175 bits per heavy atom. The molecule has 0 fully saturated rings. The van der Waals surface area contributed by atoms with Gasteiger partial charge in [-0.2, -0.15) is 0 Å². The second-order valence-electron chi connectivity index (χ2n) is 25.6. The Morgan fingerprint density at radius 3 is 0.400 bits per heavy atom. The van der Waals surface area contributed by atoms with Crippen molar-refractivity contribution in [1.29, 1.82) is 0 Å². The molecule has 0 aliphatic rings. The molecule has 0 aromatic rings. The third kappa shape index (κ3) is 72.6. The van der Waals surface area contributed by atoms with Crippen molar-refractivity contribution in [3.63, 3.8) is 0 Å². The number of halogens is 2. The Labute approximate surface area is 516 Å². The SMILES string of the molecule is CCCCCCCCCCCCCCCC(CCO)[NH2+]C(CCO)CCCCCCCCCCCCCCC.CCCCCCCCCCCCCCCC(CCO)[NH2+]C(CCO)CCCCCCCCCCCCCCC.[Cl-].[Cl-]. The van der Waals surface area contributed by atoms with Gasteiger partial charge in [0.25, 0.3) is 0 Å². The Hall–Kier alpha value is 0.340. The van der Waals surface area contributed by atoms with Gasteiger partial charge in [-0.25, -0.2) is 0 Å². The molecule has 0 spiro atoms. The van der Waals surface area contributed by atoms with Gasteiger partial charge in [0.05, 0.1) is 24.2 Å². The van der Waals surface area contributed by atoms with Gasteiger partial charge in [-0.05, 0) is 51.4 Å². The van der Waals surface area contributed by atoms with Gasteiger partial charge in [-0.15, -0.1) is 0 Å². The lowest BCUT2D eigenvalue weighted by Crippen LogP contribution is -3.00. The maximum Gasteiger partial charge on any atom is 0.0883 e. The molecule has 0 bridgehead atoms. The van der Waals surface area contributed by atoms with Crippen LogP contribution in [0.4, 0.5) is 0 Å². The lowest BCUT2D eigenvalue weighted by atomic mass is 9.99. The molecule has 0 saturated carbocycles. The first kappa shape index (κ1) is 86.8. The molecule has 8 heteroatoms. The zero-order valence-corrected chi connectivity index (χ0v) is 56.8. The number of hydrogen-bond acceptors (Lipinski definition) is 4. The topological polar surface area (TPSA) is 114 Å². The Balaban J connectivity index is -0.000000704. The summed E-state index contributed by atoms with van der Waals surface area (Å²) in [4.78, 5) is 0. The van der Waals surface area contributed by atoms with Gasteiger partial charge >= 0.3 is 0 Å². The van der Waals surface area contributed by atoms with E-state index >= 15 is 0 Å². The van der Waals surface area contributed by atoms with Crippen LogP contribution >= 0.6 is 0 Å². The molecule has 4 atom stereocenters. The molecule has 80 heavy (non-hydrogen) atoms. The van der Waals surface area contributed by atoms with Crippen LogP contribution in [0.5, 0.6) is 0 Å². The van der Waals surface area contributed by atoms with Gasteiger partial charge in [0.15, 0.2) is 0 Å². The van der Waals surface area contributed by atoms with E-state index in [1.165, 1.54) is 360 Å². The van der Waals surface area contributed by atoms with E-state index in [0.717, 1.165) is 25.7 Å². The molecular weight excluding hydrogens is 1030 g/mol. The molecule has 0 heterocycles. The number of hydrogen-bond donors (Lipinski definition) is 6. The molecule has 8 N–H and O–H groups in total. The average Bonchev–Trinajstić information content (AvgIpc) is 3.44. The Morgan fingerprint density at radius 2 is 0.287 bits per heavy atom. The summed E-state index contributed by atoms with van der Waals surface area (Å²) in [5.41, 5.74) is 0. The minimum atomic E-state index is 0. The van der Waals surface area contributed by atoms with Crippen molar-refractivity contribution in [3.05, 3.63) is 0 Å². The lowest BCUT2D eigenvalue weighted by molar-refractivity contribution is -0.724. The Bertz CT molecular complexity index is 876. The number of nitrogens with two attached hydrogens (primary N) is 2. The third-order valence-electron chi connectivity index (χ3n) is 17.8. The van der Waals surface area contributed by atoms with Crippen molar-refractivity contribution >= 4 is 0 Å². The van der Waals surface area contributed by atoms with Gasteiger partial charge in [-0.3, -0.25) is 0 Å². The summed E-state index contributed by atoms with van der Waals surface area (Å²) in [5.74, 6) is 0. The molecule has 0 rings (SSSR count). The molecule has 0 radical (unpaired) electrons. The zero-order valence-electron chi connectivity index (χ0n) is 55.3. The van der Waals surface area contributed by atoms with Crippen LogP contribution in [0.25, 0.3) is 0 Å². The number of unbranched alkanes of at least 4 members (excludes halogenated alkanes) is 48. The quantitative estimate of drug-likeness (QED) is 0.0341. The highest BCUT2D eigenvalue weighted by atomic mass is 35.5. The lowest BCUT2D eigenvalue weighted by Gasteiger charge is -2.22. The van der Waals surface area contributed by atoms with Crippen LogP contribution < -0.4 is 35.4 Å². The third-order valence-corrected chi connectivity index (χ3v) is 17.8. The second-order valence-corrected chi connectivity index (χ2v) is 25.6. The van der Waals surface area contributed by atoms with Crippen LogP contribution in [0.1, 0.15) is 413 Å². The fraction of sp³-hybridized carbons (Fsp3) is 1.00. The number of aliphatic hydroxyl groups excluding tert-OH is 4. The zero-order chi connectivity index (χ0) is 57.0. The summed E-state index contributed by atoms with van der Waals surface area (Å²) in [5, 5.41) is 43.5. The molecule has 0 saturated heterocycles. The first-order valence-electron chi connectivity index (χ1n) is 36.7. The molecule has 0 aliphatic heterocycles. The van der Waals surface area contributed by atoms with E-state index < -0.39 is 0 Å². The number of aliphatic hydroxyl groups is 4. The van der Waals surface area contributed by atoms with Crippen LogP contribution in [0, 0.1) is 0 Å². The van der Waals surface area contributed by atoms with E-state index in [0.29, 0.717) is 50.6 Å². The summed E-state index contributed by atoms with van der Waals surface area (Å²) < 4.78 is 0. The van der Waals surface area contributed by atoms with Crippen molar-refractivity contribution < 1.29 is 55.9 Å². The van der Waals surface area contributed by atoms with Crippen LogP contribution in [-0.2, 0) is 0 Å². The van der Waals surface area contributed by atoms with E-state index in [9.17, 15) is 20.4 Å². The fourth-order valence-electron chi connectivity index (χ4n) is 12.5. The van der Waals surface area contributed by atoms with Crippen molar-refractivity contribution in [3.8, 4) is 0 Å². The highest BCUT2D eigenvalue weighted by molar-refractivity contribution is 4.64. The van der Waals surface area contributed by atoms with Crippen LogP contribution in [-0.4, -0.2) is 71.0 Å². The van der Waals surface area contributed by atoms with Crippen LogP contribution in [0.3, 0.4) is 0 Å². The van der Waals surface area contributed by atoms with E-state index in [1.54, 1.807) is 0 Å². The molecule has 0 amide bonds. The molecular formula is C72H152Cl2N2O4. The minimum Gasteiger partial charge on any atom is -1.00 e.